The molecule has 124 valence electrons. The first kappa shape index (κ1) is 16.8. The molecule has 1 fully saturated rings. The standard InChI is InChI=1S/C14H20F3N3O2/c1-19-9-6-18-13(19)12(22)10-3-7-20(8-4-10)11(21)2-5-14(15,16)17/h6,9-10,12,22H,2-5,7-8H2,1H3/t12-/m1/s1. The molecule has 1 atom stereocenters. The van der Waals surface area contributed by atoms with Crippen molar-refractivity contribution in [3.8, 4) is 0 Å². The van der Waals surface area contributed by atoms with E-state index in [-0.39, 0.29) is 5.92 Å². The highest BCUT2D eigenvalue weighted by atomic mass is 19.4. The van der Waals surface area contributed by atoms with Crippen molar-refractivity contribution in [2.45, 2.75) is 38.0 Å². The maximum Gasteiger partial charge on any atom is 0.389 e. The number of nitrogens with zero attached hydrogens (tertiary/aromatic N) is 3. The summed E-state index contributed by atoms with van der Waals surface area (Å²) in [5.74, 6) is 0.0665. The summed E-state index contributed by atoms with van der Waals surface area (Å²) in [7, 11) is 1.79. The number of piperidine rings is 1. The molecule has 0 spiro atoms. The summed E-state index contributed by atoms with van der Waals surface area (Å²) in [5.41, 5.74) is 0. The average Bonchev–Trinajstić information content (AvgIpc) is 2.89. The summed E-state index contributed by atoms with van der Waals surface area (Å²) in [4.78, 5) is 17.3. The molecule has 0 radical (unpaired) electrons. The van der Waals surface area contributed by atoms with Crippen LogP contribution in [0.2, 0.25) is 0 Å². The van der Waals surface area contributed by atoms with E-state index in [0.29, 0.717) is 31.8 Å². The predicted octanol–water partition coefficient (Wildman–Crippen LogP) is 2.03. The minimum absolute atomic E-state index is 0.0345. The number of aliphatic hydroxyl groups is 1. The van der Waals surface area contributed by atoms with Crippen molar-refractivity contribution in [2.24, 2.45) is 13.0 Å². The lowest BCUT2D eigenvalue weighted by atomic mass is 9.90. The molecule has 2 heterocycles. The van der Waals surface area contributed by atoms with Gasteiger partial charge in [0, 0.05) is 39.0 Å². The molecule has 1 N–H and O–H groups in total. The van der Waals surface area contributed by atoms with Gasteiger partial charge in [-0.25, -0.2) is 4.98 Å². The summed E-state index contributed by atoms with van der Waals surface area (Å²) in [6.45, 7) is 0.756. The molecule has 1 aliphatic rings. The van der Waals surface area contributed by atoms with Gasteiger partial charge in [-0.05, 0) is 18.8 Å². The number of aliphatic hydroxyl groups excluding tert-OH is 1. The van der Waals surface area contributed by atoms with Crippen LogP contribution in [0.3, 0.4) is 0 Å². The van der Waals surface area contributed by atoms with Gasteiger partial charge in [-0.15, -0.1) is 0 Å². The molecule has 1 aliphatic heterocycles. The van der Waals surface area contributed by atoms with Crippen molar-refractivity contribution < 1.29 is 23.1 Å². The Morgan fingerprint density at radius 3 is 2.59 bits per heavy atom. The van der Waals surface area contributed by atoms with Gasteiger partial charge in [-0.2, -0.15) is 13.2 Å². The fourth-order valence-electron chi connectivity index (χ4n) is 2.74. The van der Waals surface area contributed by atoms with Gasteiger partial charge in [0.1, 0.15) is 11.9 Å². The zero-order valence-electron chi connectivity index (χ0n) is 12.4. The largest absolute Gasteiger partial charge is 0.389 e. The van der Waals surface area contributed by atoms with Crippen molar-refractivity contribution >= 4 is 5.91 Å². The summed E-state index contributed by atoms with van der Waals surface area (Å²) in [6.07, 6.45) is -2.13. The van der Waals surface area contributed by atoms with Crippen LogP contribution in [-0.4, -0.2) is 44.7 Å². The van der Waals surface area contributed by atoms with E-state index in [1.54, 1.807) is 24.0 Å². The second-order valence-corrected chi connectivity index (χ2v) is 5.67. The monoisotopic (exact) mass is 319 g/mol. The van der Waals surface area contributed by atoms with Crippen LogP contribution in [0.5, 0.6) is 0 Å². The van der Waals surface area contributed by atoms with E-state index >= 15 is 0 Å². The summed E-state index contributed by atoms with van der Waals surface area (Å²) in [5, 5.41) is 10.3. The third-order valence-electron chi connectivity index (χ3n) is 4.08. The van der Waals surface area contributed by atoms with Gasteiger partial charge in [0.25, 0.3) is 0 Å². The van der Waals surface area contributed by atoms with Crippen molar-refractivity contribution in [1.82, 2.24) is 14.5 Å². The minimum Gasteiger partial charge on any atom is -0.385 e. The molecule has 0 aromatic carbocycles. The number of aromatic nitrogens is 2. The summed E-state index contributed by atoms with van der Waals surface area (Å²) in [6, 6.07) is 0. The second kappa shape index (κ2) is 6.68. The number of rotatable bonds is 4. The third kappa shape index (κ3) is 4.22. The Labute approximate surface area is 126 Å². The van der Waals surface area contributed by atoms with Crippen LogP contribution in [0.25, 0.3) is 0 Å². The highest BCUT2D eigenvalue weighted by molar-refractivity contribution is 5.76. The topological polar surface area (TPSA) is 58.4 Å². The van der Waals surface area contributed by atoms with Gasteiger partial charge in [0.15, 0.2) is 0 Å². The Bertz CT molecular complexity index is 508. The number of halogens is 3. The van der Waals surface area contributed by atoms with Gasteiger partial charge < -0.3 is 14.6 Å². The fraction of sp³-hybridized carbons (Fsp3) is 0.714. The minimum atomic E-state index is -4.30. The Morgan fingerprint density at radius 1 is 1.45 bits per heavy atom. The molecule has 8 heteroatoms. The van der Waals surface area contributed by atoms with Crippen LogP contribution in [0, 0.1) is 5.92 Å². The Balaban J connectivity index is 1.83. The quantitative estimate of drug-likeness (QED) is 0.924. The van der Waals surface area contributed by atoms with Crippen molar-refractivity contribution in [3.05, 3.63) is 18.2 Å². The lowest BCUT2D eigenvalue weighted by Gasteiger charge is -2.34. The van der Waals surface area contributed by atoms with Crippen molar-refractivity contribution in [2.75, 3.05) is 13.1 Å². The number of carbonyl (C=O) groups is 1. The molecular weight excluding hydrogens is 299 g/mol. The number of likely N-dealkylation sites (tertiary alicyclic amines) is 1. The lowest BCUT2D eigenvalue weighted by Crippen LogP contribution is -2.40. The molecule has 1 aromatic rings. The van der Waals surface area contributed by atoms with E-state index in [2.05, 4.69) is 4.98 Å². The molecular formula is C14H20F3N3O2. The van der Waals surface area contributed by atoms with Crippen LogP contribution in [-0.2, 0) is 11.8 Å². The molecule has 1 saturated heterocycles. The van der Waals surface area contributed by atoms with Gasteiger partial charge >= 0.3 is 6.18 Å². The molecule has 1 amide bonds. The molecule has 0 saturated carbocycles. The fourth-order valence-corrected chi connectivity index (χ4v) is 2.74. The number of amides is 1. The van der Waals surface area contributed by atoms with Gasteiger partial charge in [0.05, 0.1) is 6.42 Å². The van der Waals surface area contributed by atoms with E-state index < -0.39 is 31.0 Å². The van der Waals surface area contributed by atoms with E-state index in [1.807, 2.05) is 0 Å². The smallest absolute Gasteiger partial charge is 0.385 e. The Hall–Kier alpha value is -1.57. The van der Waals surface area contributed by atoms with Crippen LogP contribution in [0.1, 0.15) is 37.6 Å². The first-order valence-electron chi connectivity index (χ1n) is 7.28. The number of carbonyl (C=O) groups excluding carboxylic acids is 1. The SMILES string of the molecule is Cn1ccnc1[C@H](O)C1CCN(C(=O)CCC(F)(F)F)CC1. The zero-order valence-corrected chi connectivity index (χ0v) is 12.4. The van der Waals surface area contributed by atoms with Crippen LogP contribution in [0.15, 0.2) is 12.4 Å². The Kier molecular flexibility index (Phi) is 5.10. The van der Waals surface area contributed by atoms with Crippen LogP contribution in [0.4, 0.5) is 13.2 Å². The number of hydrogen-bond donors (Lipinski definition) is 1. The normalized spacial score (nSPS) is 18.5. The maximum absolute atomic E-state index is 12.1. The number of alkyl halides is 3. The number of aryl methyl sites for hydroxylation is 1. The first-order chi connectivity index (χ1) is 10.3. The summed E-state index contributed by atoms with van der Waals surface area (Å²) < 4.78 is 38.1. The molecule has 0 aliphatic carbocycles. The molecule has 0 unspecified atom stereocenters. The first-order valence-corrected chi connectivity index (χ1v) is 7.28. The summed E-state index contributed by atoms with van der Waals surface area (Å²) >= 11 is 0. The highest BCUT2D eigenvalue weighted by Crippen LogP contribution is 2.30. The molecule has 5 nitrogen and oxygen atoms in total. The van der Waals surface area contributed by atoms with Crippen LogP contribution >= 0.6 is 0 Å². The molecule has 2 rings (SSSR count). The number of imidazole rings is 1. The van der Waals surface area contributed by atoms with Crippen molar-refractivity contribution in [1.29, 1.82) is 0 Å². The number of hydrogen-bond acceptors (Lipinski definition) is 3. The Morgan fingerprint density at radius 2 is 2.09 bits per heavy atom. The van der Waals surface area contributed by atoms with E-state index in [9.17, 15) is 23.1 Å². The van der Waals surface area contributed by atoms with Gasteiger partial charge in [-0.1, -0.05) is 0 Å². The van der Waals surface area contributed by atoms with Gasteiger partial charge in [0.2, 0.25) is 5.91 Å². The maximum atomic E-state index is 12.1. The van der Waals surface area contributed by atoms with Crippen molar-refractivity contribution in [3.63, 3.8) is 0 Å². The second-order valence-electron chi connectivity index (χ2n) is 5.67. The van der Waals surface area contributed by atoms with E-state index in [0.717, 1.165) is 0 Å². The zero-order chi connectivity index (χ0) is 16.3. The molecule has 1 aromatic heterocycles. The average molecular weight is 319 g/mol. The predicted molar refractivity (Wildman–Crippen MR) is 72.8 cm³/mol. The highest BCUT2D eigenvalue weighted by Gasteiger charge is 2.32. The lowest BCUT2D eigenvalue weighted by molar-refractivity contribution is -0.150. The molecule has 0 bridgehead atoms. The molecule has 22 heavy (non-hydrogen) atoms. The van der Waals surface area contributed by atoms with E-state index in [1.165, 1.54) is 4.90 Å². The van der Waals surface area contributed by atoms with Gasteiger partial charge in [-0.3, -0.25) is 4.79 Å². The third-order valence-corrected chi connectivity index (χ3v) is 4.08. The van der Waals surface area contributed by atoms with E-state index in [4.69, 9.17) is 0 Å². The van der Waals surface area contributed by atoms with Crippen LogP contribution < -0.4 is 0 Å².